The summed E-state index contributed by atoms with van der Waals surface area (Å²) in [6.45, 7) is -0.946. The van der Waals surface area contributed by atoms with Gasteiger partial charge in [0.15, 0.2) is 5.60 Å². The molecule has 19 nitrogen and oxygen atoms in total. The lowest BCUT2D eigenvalue weighted by Crippen LogP contribution is -2.41. The van der Waals surface area contributed by atoms with E-state index in [4.69, 9.17) is 30.0 Å². The Bertz CT molecular complexity index is 1950. The van der Waals surface area contributed by atoms with Crippen molar-refractivity contribution < 1.29 is 57.2 Å². The fourth-order valence-electron chi connectivity index (χ4n) is 5.21. The van der Waals surface area contributed by atoms with E-state index in [9.17, 15) is 28.8 Å². The van der Waals surface area contributed by atoms with Crippen LogP contribution in [0.15, 0.2) is 64.8 Å². The molecule has 1 spiro atoms. The van der Waals surface area contributed by atoms with Crippen molar-refractivity contribution in [2.75, 3.05) is 26.7 Å². The average molecular weight is 686 g/mol. The van der Waals surface area contributed by atoms with Crippen molar-refractivity contribution in [1.29, 1.82) is 0 Å². The molecule has 0 N–H and O–H groups in total. The van der Waals surface area contributed by atoms with Crippen LogP contribution >= 0.6 is 0 Å². The van der Waals surface area contributed by atoms with Crippen molar-refractivity contribution in [2.45, 2.75) is 19.4 Å². The average Bonchev–Trinajstić information content (AvgIpc) is 3.35. The number of nitrogens with zero attached hydrogens (tertiary/aromatic N) is 7. The van der Waals surface area contributed by atoms with E-state index in [2.05, 4.69) is 29.5 Å². The van der Waals surface area contributed by atoms with Gasteiger partial charge in [-0.15, -0.1) is 0 Å². The van der Waals surface area contributed by atoms with Gasteiger partial charge in [-0.1, -0.05) is 40.6 Å². The zero-order chi connectivity index (χ0) is 36.0. The smallest absolute Gasteiger partial charge is 0.340 e. The van der Waals surface area contributed by atoms with Crippen LogP contribution in [0.4, 0.5) is 11.4 Å². The molecule has 0 radical (unpaired) electrons. The molecule has 19 heteroatoms. The minimum absolute atomic E-state index is 0.0530. The SMILES string of the molecule is CC(=O)OCOC(=O)CN(CC(=O)OCOC(C)=O)C(=O)c1ccc2c(c1)C(=O)OC21c2ccc(N=[N+]=[N-])cc2Oc2cc(N=[N+]=[N-])ccc21. The fourth-order valence-corrected chi connectivity index (χ4v) is 5.21. The van der Waals surface area contributed by atoms with E-state index < -0.39 is 68.0 Å². The van der Waals surface area contributed by atoms with Crippen molar-refractivity contribution in [1.82, 2.24) is 4.90 Å². The molecule has 0 bridgehead atoms. The van der Waals surface area contributed by atoms with Gasteiger partial charge in [0.05, 0.1) is 5.56 Å². The first kappa shape index (κ1) is 34.2. The molecule has 3 aromatic carbocycles. The fraction of sp³-hybridized carbons (Fsp3) is 0.226. The topological polar surface area (TPSA) is 259 Å². The molecule has 0 saturated carbocycles. The number of rotatable bonds is 11. The highest BCUT2D eigenvalue weighted by Gasteiger charge is 2.53. The first-order valence-electron chi connectivity index (χ1n) is 14.3. The Balaban J connectivity index is 1.54. The molecule has 0 aliphatic carbocycles. The van der Waals surface area contributed by atoms with Crippen LogP contribution in [0.2, 0.25) is 0 Å². The highest BCUT2D eigenvalue weighted by atomic mass is 16.7. The molecule has 0 aromatic heterocycles. The summed E-state index contributed by atoms with van der Waals surface area (Å²) >= 11 is 0. The summed E-state index contributed by atoms with van der Waals surface area (Å²) < 4.78 is 30.9. The van der Waals surface area contributed by atoms with Crippen LogP contribution in [0.1, 0.15) is 51.3 Å². The Morgan fingerprint density at radius 1 is 0.740 bits per heavy atom. The Kier molecular flexibility index (Phi) is 9.82. The number of fused-ring (bicyclic) bond motifs is 6. The molecule has 2 aliphatic heterocycles. The number of esters is 5. The second-order valence-electron chi connectivity index (χ2n) is 10.4. The van der Waals surface area contributed by atoms with Crippen molar-refractivity contribution >= 4 is 47.1 Å². The Morgan fingerprint density at radius 3 is 1.72 bits per heavy atom. The van der Waals surface area contributed by atoms with Crippen LogP contribution in [0, 0.1) is 0 Å². The van der Waals surface area contributed by atoms with E-state index in [0.717, 1.165) is 18.7 Å². The molecule has 254 valence electrons. The van der Waals surface area contributed by atoms with Crippen molar-refractivity contribution in [3.8, 4) is 11.5 Å². The second kappa shape index (κ2) is 14.3. The maximum Gasteiger partial charge on any atom is 0.340 e. The number of carbonyl (C=O) groups excluding carboxylic acids is 6. The lowest BCUT2D eigenvalue weighted by molar-refractivity contribution is -0.166. The number of azide groups is 2. The predicted molar refractivity (Wildman–Crippen MR) is 164 cm³/mol. The quantitative estimate of drug-likeness (QED) is 0.0664. The van der Waals surface area contributed by atoms with Crippen LogP contribution in [0.25, 0.3) is 20.9 Å². The summed E-state index contributed by atoms with van der Waals surface area (Å²) in [5.74, 6) is -5.01. The van der Waals surface area contributed by atoms with Crippen LogP contribution < -0.4 is 4.74 Å². The number of ether oxygens (including phenoxy) is 6. The maximum absolute atomic E-state index is 13.7. The summed E-state index contributed by atoms with van der Waals surface area (Å²) in [5.41, 5.74) is 17.4. The maximum atomic E-state index is 13.7. The summed E-state index contributed by atoms with van der Waals surface area (Å²) in [4.78, 5) is 80.7. The predicted octanol–water partition coefficient (Wildman–Crippen LogP) is 4.71. The molecule has 50 heavy (non-hydrogen) atoms. The van der Waals surface area contributed by atoms with Gasteiger partial charge >= 0.3 is 29.8 Å². The largest absolute Gasteiger partial charge is 0.456 e. The zero-order valence-corrected chi connectivity index (χ0v) is 26.1. The van der Waals surface area contributed by atoms with Gasteiger partial charge in [-0.25, -0.2) is 4.79 Å². The minimum Gasteiger partial charge on any atom is -0.456 e. The number of benzene rings is 3. The number of amides is 1. The molecule has 0 fully saturated rings. The lowest BCUT2D eigenvalue weighted by atomic mass is 9.77. The standard InChI is InChI=1S/C31H23N7O12/c1-16(39)45-14-47-27(41)12-38(13-28(42)48-15-46-17(2)40)29(43)18-3-6-22-21(9-18)30(44)50-31(22)23-7-4-19(34-36-32)10-25(23)49-26-11-20(35-37-33)5-8-24(26)31/h3-11H,12-15H2,1-2H3. The molecular formula is C31H23N7O12. The highest BCUT2D eigenvalue weighted by Crippen LogP contribution is 2.57. The highest BCUT2D eigenvalue weighted by molar-refractivity contribution is 6.03. The van der Waals surface area contributed by atoms with Crippen LogP contribution in [-0.2, 0) is 48.5 Å². The van der Waals surface area contributed by atoms with E-state index in [1.54, 1.807) is 12.1 Å². The van der Waals surface area contributed by atoms with Crippen LogP contribution in [0.5, 0.6) is 11.5 Å². The van der Waals surface area contributed by atoms with Gasteiger partial charge < -0.3 is 33.3 Å². The van der Waals surface area contributed by atoms with Crippen molar-refractivity contribution in [3.05, 3.63) is 103 Å². The van der Waals surface area contributed by atoms with Gasteiger partial charge in [-0.3, -0.25) is 24.0 Å². The molecule has 2 heterocycles. The van der Waals surface area contributed by atoms with Crippen LogP contribution in [0.3, 0.4) is 0 Å². The molecule has 2 aliphatic rings. The van der Waals surface area contributed by atoms with E-state index in [0.29, 0.717) is 11.1 Å². The van der Waals surface area contributed by atoms with Gasteiger partial charge in [0.1, 0.15) is 24.6 Å². The first-order valence-corrected chi connectivity index (χ1v) is 14.3. The normalized spacial score (nSPS) is 14.6. The van der Waals surface area contributed by atoms with Crippen molar-refractivity contribution in [3.63, 3.8) is 0 Å². The second-order valence-corrected chi connectivity index (χ2v) is 10.4. The van der Waals surface area contributed by atoms with Crippen LogP contribution in [-0.4, -0.2) is 67.3 Å². The van der Waals surface area contributed by atoms with Crippen molar-refractivity contribution in [2.24, 2.45) is 10.2 Å². The molecule has 3 aromatic rings. The third-order valence-electron chi connectivity index (χ3n) is 7.23. The van der Waals surface area contributed by atoms with E-state index in [-0.39, 0.29) is 39.6 Å². The van der Waals surface area contributed by atoms with E-state index in [1.165, 1.54) is 42.5 Å². The van der Waals surface area contributed by atoms with E-state index in [1.807, 2.05) is 0 Å². The molecule has 1 amide bonds. The van der Waals surface area contributed by atoms with Gasteiger partial charge in [0.25, 0.3) is 5.91 Å². The number of carbonyl (C=O) groups is 6. The van der Waals surface area contributed by atoms with Gasteiger partial charge in [0.2, 0.25) is 13.6 Å². The Labute approximate surface area is 280 Å². The zero-order valence-electron chi connectivity index (χ0n) is 26.1. The first-order chi connectivity index (χ1) is 24.0. The minimum atomic E-state index is -1.64. The Hall–Kier alpha value is -7.10. The molecular weight excluding hydrogens is 662 g/mol. The molecule has 0 saturated heterocycles. The summed E-state index contributed by atoms with van der Waals surface area (Å²) in [7, 11) is 0. The molecule has 5 rings (SSSR count). The third-order valence-corrected chi connectivity index (χ3v) is 7.23. The third kappa shape index (κ3) is 6.93. The summed E-state index contributed by atoms with van der Waals surface area (Å²) in [5, 5.41) is 7.21. The van der Waals surface area contributed by atoms with E-state index >= 15 is 0 Å². The number of hydrogen-bond donors (Lipinski definition) is 0. The summed E-state index contributed by atoms with van der Waals surface area (Å²) in [6, 6.07) is 13.0. The van der Waals surface area contributed by atoms with Gasteiger partial charge in [-0.05, 0) is 35.3 Å². The van der Waals surface area contributed by atoms with Gasteiger partial charge in [-0.2, -0.15) is 0 Å². The lowest BCUT2D eigenvalue weighted by Gasteiger charge is -2.36. The molecule has 0 unspecified atom stereocenters. The van der Waals surface area contributed by atoms with Gasteiger partial charge in [0, 0.05) is 57.3 Å². The Morgan fingerprint density at radius 2 is 1.24 bits per heavy atom. The monoisotopic (exact) mass is 685 g/mol. The number of hydrogen-bond acceptors (Lipinski definition) is 14. The summed E-state index contributed by atoms with van der Waals surface area (Å²) in [6.07, 6.45) is 0. The molecule has 0 atom stereocenters.